The SMILES string of the molecule is CC(=O)CCC(=O)OC[C@H]1O[C@@H](OC(C)=O)[C@H](OC(C)=O)[C@@H]1OC(C)=O. The Labute approximate surface area is 150 Å². The fraction of sp³-hybridized carbons (Fsp3) is 0.688. The van der Waals surface area contributed by atoms with E-state index in [-0.39, 0.29) is 25.2 Å². The molecule has 4 atom stereocenters. The third kappa shape index (κ3) is 7.18. The summed E-state index contributed by atoms with van der Waals surface area (Å²) < 4.78 is 25.5. The molecule has 26 heavy (non-hydrogen) atoms. The summed E-state index contributed by atoms with van der Waals surface area (Å²) in [5.74, 6) is -2.90. The zero-order valence-electron chi connectivity index (χ0n) is 15.0. The smallest absolute Gasteiger partial charge is 0.306 e. The van der Waals surface area contributed by atoms with Crippen LogP contribution in [0.2, 0.25) is 0 Å². The van der Waals surface area contributed by atoms with Gasteiger partial charge in [-0.3, -0.25) is 19.2 Å². The highest BCUT2D eigenvalue weighted by molar-refractivity contribution is 5.81. The number of ketones is 1. The summed E-state index contributed by atoms with van der Waals surface area (Å²) in [6.45, 7) is 4.40. The first-order chi connectivity index (χ1) is 12.1. The molecule has 1 heterocycles. The van der Waals surface area contributed by atoms with Crippen LogP contribution in [0, 0.1) is 0 Å². The molecule has 1 aliphatic rings. The van der Waals surface area contributed by atoms with Crippen molar-refractivity contribution in [3.63, 3.8) is 0 Å². The van der Waals surface area contributed by atoms with Gasteiger partial charge in [-0.05, 0) is 6.92 Å². The molecule has 0 radical (unpaired) electrons. The van der Waals surface area contributed by atoms with Crippen molar-refractivity contribution < 1.29 is 47.7 Å². The van der Waals surface area contributed by atoms with Crippen molar-refractivity contribution in [1.29, 1.82) is 0 Å². The zero-order valence-corrected chi connectivity index (χ0v) is 15.0. The fourth-order valence-corrected chi connectivity index (χ4v) is 2.26. The Morgan fingerprint density at radius 2 is 1.31 bits per heavy atom. The lowest BCUT2D eigenvalue weighted by atomic mass is 10.1. The van der Waals surface area contributed by atoms with Crippen LogP contribution in [0.3, 0.4) is 0 Å². The van der Waals surface area contributed by atoms with Crippen LogP contribution < -0.4 is 0 Å². The number of hydrogen-bond acceptors (Lipinski definition) is 10. The first-order valence-electron chi connectivity index (χ1n) is 7.92. The van der Waals surface area contributed by atoms with Gasteiger partial charge in [0.15, 0.2) is 6.10 Å². The van der Waals surface area contributed by atoms with Crippen LogP contribution in [0.5, 0.6) is 0 Å². The first kappa shape index (κ1) is 21.6. The van der Waals surface area contributed by atoms with Crippen LogP contribution in [-0.2, 0) is 47.7 Å². The van der Waals surface area contributed by atoms with Gasteiger partial charge in [-0.15, -0.1) is 0 Å². The minimum Gasteiger partial charge on any atom is -0.463 e. The third-order valence-electron chi connectivity index (χ3n) is 3.24. The Hall–Kier alpha value is -2.49. The largest absolute Gasteiger partial charge is 0.463 e. The average molecular weight is 374 g/mol. The van der Waals surface area contributed by atoms with Crippen LogP contribution in [0.1, 0.15) is 40.5 Å². The van der Waals surface area contributed by atoms with Crippen LogP contribution in [0.25, 0.3) is 0 Å². The lowest BCUT2D eigenvalue weighted by Gasteiger charge is -2.22. The standard InChI is InChI=1S/C16H22O10/c1-8(17)5-6-13(21)22-7-12-14(23-9(2)18)15(24-10(3)19)16(26-12)25-11(4)20/h12,14-16H,5-7H2,1-4H3/t12-,14-,15-,16-/m1/s1. The van der Waals surface area contributed by atoms with Crippen molar-refractivity contribution >= 4 is 29.7 Å². The minimum atomic E-state index is -1.32. The first-order valence-corrected chi connectivity index (χ1v) is 7.92. The summed E-state index contributed by atoms with van der Waals surface area (Å²) in [4.78, 5) is 56.4. The van der Waals surface area contributed by atoms with E-state index in [0.717, 1.165) is 20.8 Å². The van der Waals surface area contributed by atoms with Crippen LogP contribution in [0.4, 0.5) is 0 Å². The predicted octanol–water partition coefficient (Wildman–Crippen LogP) is 0.0502. The average Bonchev–Trinajstić information content (AvgIpc) is 2.78. The maximum atomic E-state index is 11.6. The molecule has 1 rings (SSSR count). The number of ether oxygens (including phenoxy) is 5. The molecule has 0 amide bonds. The van der Waals surface area contributed by atoms with E-state index in [1.54, 1.807) is 0 Å². The number of Topliss-reactive ketones (excluding diaryl/α,β-unsaturated/α-hetero) is 1. The molecule has 1 aliphatic heterocycles. The number of hydrogen-bond donors (Lipinski definition) is 0. The van der Waals surface area contributed by atoms with E-state index in [9.17, 15) is 24.0 Å². The molecular formula is C16H22O10. The Kier molecular flexibility index (Phi) is 8.17. The highest BCUT2D eigenvalue weighted by Gasteiger charge is 2.51. The number of rotatable bonds is 8. The van der Waals surface area contributed by atoms with Crippen LogP contribution >= 0.6 is 0 Å². The van der Waals surface area contributed by atoms with Gasteiger partial charge in [-0.25, -0.2) is 0 Å². The molecule has 0 aromatic heterocycles. The van der Waals surface area contributed by atoms with Crippen molar-refractivity contribution in [3.05, 3.63) is 0 Å². The van der Waals surface area contributed by atoms with Crippen molar-refractivity contribution in [2.24, 2.45) is 0 Å². The topological polar surface area (TPSA) is 132 Å². The van der Waals surface area contributed by atoms with Gasteiger partial charge in [-0.2, -0.15) is 0 Å². The molecular weight excluding hydrogens is 352 g/mol. The van der Waals surface area contributed by atoms with Gasteiger partial charge >= 0.3 is 23.9 Å². The van der Waals surface area contributed by atoms with E-state index in [2.05, 4.69) is 0 Å². The van der Waals surface area contributed by atoms with Crippen molar-refractivity contribution in [3.8, 4) is 0 Å². The molecule has 10 nitrogen and oxygen atoms in total. The van der Waals surface area contributed by atoms with E-state index >= 15 is 0 Å². The molecule has 0 saturated carbocycles. The van der Waals surface area contributed by atoms with Gasteiger partial charge in [0.2, 0.25) is 12.4 Å². The lowest BCUT2D eigenvalue weighted by molar-refractivity contribution is -0.197. The van der Waals surface area contributed by atoms with Crippen LogP contribution in [-0.4, -0.2) is 60.9 Å². The molecule has 0 spiro atoms. The second-order valence-electron chi connectivity index (χ2n) is 5.69. The second-order valence-corrected chi connectivity index (χ2v) is 5.69. The molecule has 1 fully saturated rings. The maximum Gasteiger partial charge on any atom is 0.306 e. The van der Waals surface area contributed by atoms with Crippen molar-refractivity contribution in [2.75, 3.05) is 6.61 Å². The summed E-state index contributed by atoms with van der Waals surface area (Å²) >= 11 is 0. The van der Waals surface area contributed by atoms with Gasteiger partial charge in [0, 0.05) is 27.2 Å². The van der Waals surface area contributed by atoms with Crippen molar-refractivity contribution in [1.82, 2.24) is 0 Å². The summed E-state index contributed by atoms with van der Waals surface area (Å²) in [6, 6.07) is 0. The molecule has 0 unspecified atom stereocenters. The van der Waals surface area contributed by atoms with Gasteiger partial charge in [0.25, 0.3) is 0 Å². The normalized spacial score (nSPS) is 24.5. The molecule has 10 heteroatoms. The predicted molar refractivity (Wildman–Crippen MR) is 82.4 cm³/mol. The fourth-order valence-electron chi connectivity index (χ4n) is 2.26. The van der Waals surface area contributed by atoms with Gasteiger partial charge < -0.3 is 28.5 Å². The molecule has 0 bridgehead atoms. The number of carbonyl (C=O) groups is 5. The van der Waals surface area contributed by atoms with E-state index < -0.39 is 48.5 Å². The summed E-state index contributed by atoms with van der Waals surface area (Å²) in [5.41, 5.74) is 0. The monoisotopic (exact) mass is 374 g/mol. The van der Waals surface area contributed by atoms with E-state index in [1.165, 1.54) is 6.92 Å². The molecule has 0 aromatic rings. The highest BCUT2D eigenvalue weighted by Crippen LogP contribution is 2.28. The van der Waals surface area contributed by atoms with Crippen LogP contribution in [0.15, 0.2) is 0 Å². The van der Waals surface area contributed by atoms with Gasteiger partial charge in [0.05, 0.1) is 6.42 Å². The summed E-state index contributed by atoms with van der Waals surface area (Å²) in [7, 11) is 0. The van der Waals surface area contributed by atoms with E-state index in [0.29, 0.717) is 0 Å². The summed E-state index contributed by atoms with van der Waals surface area (Å²) in [5, 5.41) is 0. The Morgan fingerprint density at radius 3 is 1.81 bits per heavy atom. The summed E-state index contributed by atoms with van der Waals surface area (Å²) in [6.07, 6.45) is -4.76. The van der Waals surface area contributed by atoms with E-state index in [1.807, 2.05) is 0 Å². The lowest BCUT2D eigenvalue weighted by Crippen LogP contribution is -2.42. The zero-order chi connectivity index (χ0) is 19.9. The molecule has 0 aliphatic carbocycles. The number of esters is 4. The second kappa shape index (κ2) is 9.85. The molecule has 0 aromatic carbocycles. The molecule has 146 valence electrons. The Morgan fingerprint density at radius 1 is 0.769 bits per heavy atom. The Balaban J connectivity index is 2.83. The molecule has 0 N–H and O–H groups in total. The Bertz CT molecular complexity index is 569. The maximum absolute atomic E-state index is 11.6. The van der Waals surface area contributed by atoms with Gasteiger partial charge in [0.1, 0.15) is 18.5 Å². The van der Waals surface area contributed by atoms with Crippen molar-refractivity contribution in [2.45, 2.75) is 65.1 Å². The van der Waals surface area contributed by atoms with Gasteiger partial charge in [-0.1, -0.05) is 0 Å². The van der Waals surface area contributed by atoms with E-state index in [4.69, 9.17) is 23.7 Å². The quantitative estimate of drug-likeness (QED) is 0.424. The molecule has 1 saturated heterocycles. The highest BCUT2D eigenvalue weighted by atomic mass is 16.8. The number of carbonyl (C=O) groups excluding carboxylic acids is 5. The third-order valence-corrected chi connectivity index (χ3v) is 3.24. The minimum absolute atomic E-state index is 0.0316.